The lowest BCUT2D eigenvalue weighted by Gasteiger charge is -2.21. The molecule has 0 saturated heterocycles. The van der Waals surface area contributed by atoms with Gasteiger partial charge < -0.3 is 14.8 Å². The highest BCUT2D eigenvalue weighted by Crippen LogP contribution is 2.21. The fourth-order valence-corrected chi connectivity index (χ4v) is 5.29. The smallest absolute Gasteiger partial charge is 0.357 e. The minimum atomic E-state index is -4.22. The van der Waals surface area contributed by atoms with E-state index in [1.54, 1.807) is 7.11 Å². The number of amides is 2. The first-order valence-corrected chi connectivity index (χ1v) is 14.5. The quantitative estimate of drug-likeness (QED) is 0.355. The third-order valence-electron chi connectivity index (χ3n) is 6.55. The molecule has 1 aliphatic rings. The summed E-state index contributed by atoms with van der Waals surface area (Å²) >= 11 is 0. The number of aromatic nitrogens is 1. The number of nitrogens with one attached hydrogen (secondary N) is 2. The van der Waals surface area contributed by atoms with Gasteiger partial charge in [-0.25, -0.2) is 22.9 Å². The number of hydrogen-bond donors (Lipinski definition) is 2. The summed E-state index contributed by atoms with van der Waals surface area (Å²) in [6.07, 6.45) is 6.39. The largest absolute Gasteiger partial charge is 0.497 e. The van der Waals surface area contributed by atoms with Crippen LogP contribution in [0.3, 0.4) is 0 Å². The van der Waals surface area contributed by atoms with E-state index in [-0.39, 0.29) is 33.7 Å². The van der Waals surface area contributed by atoms with Gasteiger partial charge in [0.05, 0.1) is 17.6 Å². The summed E-state index contributed by atoms with van der Waals surface area (Å²) in [5.74, 6) is -1.10. The Bertz CT molecular complexity index is 1450. The summed E-state index contributed by atoms with van der Waals surface area (Å²) < 4.78 is 38.1. The van der Waals surface area contributed by atoms with Gasteiger partial charge >= 0.3 is 5.97 Å². The number of methoxy groups -OCH3 is 1. The van der Waals surface area contributed by atoms with Crippen LogP contribution in [0.4, 0.5) is 0 Å². The molecule has 1 heterocycles. The number of ether oxygens (including phenoxy) is 2. The van der Waals surface area contributed by atoms with Gasteiger partial charge in [0, 0.05) is 18.3 Å². The van der Waals surface area contributed by atoms with Gasteiger partial charge in [-0.05, 0) is 86.2 Å². The SMILES string of the molecule is COc1cccc(CCNC(=O)c2ccc(S(=O)(=O)NC(=O)c3ccc(C(=O)OC4CCCCC4)nc3)cc2)c1. The van der Waals surface area contributed by atoms with Gasteiger partial charge in [0.2, 0.25) is 0 Å². The number of esters is 1. The van der Waals surface area contributed by atoms with E-state index in [9.17, 15) is 22.8 Å². The van der Waals surface area contributed by atoms with E-state index in [4.69, 9.17) is 9.47 Å². The van der Waals surface area contributed by atoms with Crippen molar-refractivity contribution in [2.24, 2.45) is 0 Å². The lowest BCUT2D eigenvalue weighted by Crippen LogP contribution is -2.31. The fourth-order valence-electron chi connectivity index (χ4n) is 4.32. The van der Waals surface area contributed by atoms with Crippen LogP contribution >= 0.6 is 0 Å². The molecule has 0 radical (unpaired) electrons. The van der Waals surface area contributed by atoms with Gasteiger partial charge in [0.15, 0.2) is 0 Å². The van der Waals surface area contributed by atoms with E-state index >= 15 is 0 Å². The highest BCUT2D eigenvalue weighted by Gasteiger charge is 2.22. The van der Waals surface area contributed by atoms with Crippen molar-refractivity contribution in [1.29, 1.82) is 0 Å². The number of carbonyl (C=O) groups excluding carboxylic acids is 3. The van der Waals surface area contributed by atoms with Gasteiger partial charge in [-0.15, -0.1) is 0 Å². The molecule has 2 amide bonds. The average molecular weight is 566 g/mol. The number of benzene rings is 2. The van der Waals surface area contributed by atoms with Crippen LogP contribution in [0, 0.1) is 0 Å². The first-order valence-electron chi connectivity index (χ1n) is 13.0. The maximum Gasteiger partial charge on any atom is 0.357 e. The Balaban J connectivity index is 1.30. The standard InChI is InChI=1S/C29H31N3O7S/c1-38-24-9-5-6-20(18-24)16-17-30-27(33)21-10-13-25(14-11-21)40(36,37)32-28(34)22-12-15-26(31-19-22)29(35)39-23-7-3-2-4-8-23/h5-6,9-15,18-19,23H,2-4,7-8,16-17H2,1H3,(H,30,33)(H,32,34). The Morgan fingerprint density at radius 2 is 1.65 bits per heavy atom. The molecule has 0 unspecified atom stereocenters. The molecule has 0 aliphatic heterocycles. The van der Waals surface area contributed by atoms with Crippen LogP contribution in [0.25, 0.3) is 0 Å². The molecule has 1 fully saturated rings. The maximum absolute atomic E-state index is 12.7. The molecule has 10 nitrogen and oxygen atoms in total. The molecule has 1 saturated carbocycles. The van der Waals surface area contributed by atoms with Gasteiger partial charge in [-0.2, -0.15) is 0 Å². The van der Waals surface area contributed by atoms with Crippen molar-refractivity contribution in [3.05, 3.63) is 89.2 Å². The number of nitrogens with zero attached hydrogens (tertiary/aromatic N) is 1. The van der Waals surface area contributed by atoms with Crippen LogP contribution in [-0.2, 0) is 21.2 Å². The molecular weight excluding hydrogens is 534 g/mol. The second-order valence-corrected chi connectivity index (χ2v) is 11.1. The number of carbonyl (C=O) groups is 3. The normalized spacial score (nSPS) is 13.7. The summed E-state index contributed by atoms with van der Waals surface area (Å²) in [6, 6.07) is 15.4. The third-order valence-corrected chi connectivity index (χ3v) is 7.89. The minimum absolute atomic E-state index is 0.0372. The molecule has 0 atom stereocenters. The molecule has 3 aromatic rings. The summed E-state index contributed by atoms with van der Waals surface area (Å²) in [4.78, 5) is 41.1. The van der Waals surface area contributed by atoms with E-state index < -0.39 is 21.9 Å². The van der Waals surface area contributed by atoms with Crippen molar-refractivity contribution < 1.29 is 32.3 Å². The second kappa shape index (κ2) is 13.2. The van der Waals surface area contributed by atoms with Gasteiger partial charge in [0.1, 0.15) is 17.5 Å². The van der Waals surface area contributed by atoms with Crippen LogP contribution in [0.2, 0.25) is 0 Å². The zero-order valence-electron chi connectivity index (χ0n) is 22.1. The van der Waals surface area contributed by atoms with E-state index in [1.807, 2.05) is 29.0 Å². The van der Waals surface area contributed by atoms with E-state index in [2.05, 4.69) is 10.3 Å². The van der Waals surface area contributed by atoms with Gasteiger partial charge in [-0.3, -0.25) is 9.59 Å². The monoisotopic (exact) mass is 565 g/mol. The molecular formula is C29H31N3O7S. The summed E-state index contributed by atoms with van der Waals surface area (Å²) in [6.45, 7) is 0.382. The maximum atomic E-state index is 12.7. The van der Waals surface area contributed by atoms with Crippen molar-refractivity contribution in [3.63, 3.8) is 0 Å². The Labute approximate surface area is 233 Å². The third kappa shape index (κ3) is 7.66. The van der Waals surface area contributed by atoms with Crippen LogP contribution in [0.1, 0.15) is 68.9 Å². The Morgan fingerprint density at radius 1 is 0.925 bits per heavy atom. The van der Waals surface area contributed by atoms with Crippen LogP contribution in [-0.4, -0.2) is 50.9 Å². The predicted molar refractivity (Wildman–Crippen MR) is 147 cm³/mol. The summed E-state index contributed by atoms with van der Waals surface area (Å²) in [5, 5.41) is 2.79. The van der Waals surface area contributed by atoms with Gasteiger partial charge in [0.25, 0.3) is 21.8 Å². The predicted octanol–water partition coefficient (Wildman–Crippen LogP) is 3.67. The topological polar surface area (TPSA) is 141 Å². The van der Waals surface area contributed by atoms with Crippen molar-refractivity contribution in [2.45, 2.75) is 49.5 Å². The van der Waals surface area contributed by atoms with E-state index in [0.717, 1.165) is 49.6 Å². The molecule has 2 N–H and O–H groups in total. The van der Waals surface area contributed by atoms with Gasteiger partial charge in [-0.1, -0.05) is 18.6 Å². The summed E-state index contributed by atoms with van der Waals surface area (Å²) in [7, 11) is -2.63. The second-order valence-electron chi connectivity index (χ2n) is 9.41. The molecule has 4 rings (SSSR count). The fraction of sp³-hybridized carbons (Fsp3) is 0.310. The molecule has 11 heteroatoms. The number of pyridine rings is 1. The Hall–Kier alpha value is -4.25. The highest BCUT2D eigenvalue weighted by atomic mass is 32.2. The number of rotatable bonds is 10. The molecule has 210 valence electrons. The average Bonchev–Trinajstić information content (AvgIpc) is 2.97. The molecule has 0 bridgehead atoms. The van der Waals surface area contributed by atoms with Crippen molar-refractivity contribution in [1.82, 2.24) is 15.0 Å². The van der Waals surface area contributed by atoms with Crippen molar-refractivity contribution in [2.75, 3.05) is 13.7 Å². The van der Waals surface area contributed by atoms with Crippen molar-refractivity contribution >= 4 is 27.8 Å². The molecule has 1 aromatic heterocycles. The summed E-state index contributed by atoms with van der Waals surface area (Å²) in [5.41, 5.74) is 1.28. The lowest BCUT2D eigenvalue weighted by atomic mass is 9.98. The van der Waals surface area contributed by atoms with Crippen LogP contribution in [0.15, 0.2) is 71.8 Å². The molecule has 0 spiro atoms. The molecule has 2 aromatic carbocycles. The first-order chi connectivity index (χ1) is 19.2. The van der Waals surface area contributed by atoms with Crippen LogP contribution in [0.5, 0.6) is 5.75 Å². The number of hydrogen-bond acceptors (Lipinski definition) is 8. The first kappa shape index (κ1) is 28.8. The highest BCUT2D eigenvalue weighted by molar-refractivity contribution is 7.90. The van der Waals surface area contributed by atoms with E-state index in [1.165, 1.54) is 36.4 Å². The van der Waals surface area contributed by atoms with E-state index in [0.29, 0.717) is 13.0 Å². The Morgan fingerprint density at radius 3 is 2.33 bits per heavy atom. The van der Waals surface area contributed by atoms with Crippen LogP contribution < -0.4 is 14.8 Å². The number of sulfonamides is 1. The Kier molecular flexibility index (Phi) is 9.49. The molecule has 40 heavy (non-hydrogen) atoms. The minimum Gasteiger partial charge on any atom is -0.497 e. The van der Waals surface area contributed by atoms with Crippen molar-refractivity contribution in [3.8, 4) is 5.75 Å². The lowest BCUT2D eigenvalue weighted by molar-refractivity contribution is 0.0204. The zero-order chi connectivity index (χ0) is 28.5. The molecule has 1 aliphatic carbocycles. The zero-order valence-corrected chi connectivity index (χ0v) is 22.9.